The Bertz CT molecular complexity index is 193. The maximum absolute atomic E-state index is 3.93. The Morgan fingerprint density at radius 1 is 1.56 bits per heavy atom. The minimum Gasteiger partial charge on any atom is -0.264 e. The molecule has 0 spiro atoms. The first kappa shape index (κ1) is 6.49. The summed E-state index contributed by atoms with van der Waals surface area (Å²) in [6.45, 7) is 0. The number of nitrogens with zero attached hydrogens (tertiary/aromatic N) is 1. The molecule has 1 rings (SSSR count). The average molecular weight is 184 g/mol. The normalized spacial score (nSPS) is 10.3. The Morgan fingerprint density at radius 3 is 3.00 bits per heavy atom. The van der Waals surface area contributed by atoms with Crippen LogP contribution < -0.4 is 0 Å². The maximum atomic E-state index is 3.93. The second-order valence-corrected chi connectivity index (χ2v) is 2.11. The minimum absolute atomic E-state index is 1.11. The summed E-state index contributed by atoms with van der Waals surface area (Å²) in [5.41, 5.74) is 1.11. The van der Waals surface area contributed by atoms with Crippen molar-refractivity contribution in [2.45, 2.75) is 0 Å². The maximum Gasteiger partial charge on any atom is 0.0340 e. The van der Waals surface area contributed by atoms with Crippen molar-refractivity contribution in [1.29, 1.82) is 0 Å². The topological polar surface area (TPSA) is 12.9 Å². The van der Waals surface area contributed by atoms with Crippen LogP contribution in [-0.2, 0) is 0 Å². The lowest BCUT2D eigenvalue weighted by atomic mass is 10.3. The van der Waals surface area contributed by atoms with Crippen molar-refractivity contribution in [3.8, 4) is 0 Å². The van der Waals surface area contributed by atoms with Crippen LogP contribution in [0, 0.1) is 0 Å². The molecule has 1 aromatic heterocycles. The minimum atomic E-state index is 1.11. The summed E-state index contributed by atoms with van der Waals surface area (Å²) in [4.78, 5) is 5.74. The highest BCUT2D eigenvalue weighted by Gasteiger charge is 1.79. The van der Waals surface area contributed by atoms with Gasteiger partial charge in [-0.3, -0.25) is 4.98 Å². The molecular weight excluding hydrogens is 178 g/mol. The van der Waals surface area contributed by atoms with E-state index >= 15 is 0 Å². The van der Waals surface area contributed by atoms with Crippen molar-refractivity contribution in [2.24, 2.45) is 0 Å². The van der Waals surface area contributed by atoms with Crippen LogP contribution >= 0.6 is 15.9 Å². The molecule has 0 bridgehead atoms. The molecule has 0 aliphatic heterocycles. The van der Waals surface area contributed by atoms with E-state index in [4.69, 9.17) is 0 Å². The zero-order valence-electron chi connectivity index (χ0n) is 4.79. The fourth-order valence-corrected chi connectivity index (χ4v) is 0.853. The van der Waals surface area contributed by atoms with Gasteiger partial charge >= 0.3 is 0 Å². The van der Waals surface area contributed by atoms with Gasteiger partial charge in [-0.2, -0.15) is 0 Å². The quantitative estimate of drug-likeness (QED) is 0.653. The second kappa shape index (κ2) is 3.41. The number of rotatable bonds is 1. The van der Waals surface area contributed by atoms with E-state index in [1.54, 1.807) is 12.4 Å². The van der Waals surface area contributed by atoms with E-state index in [-0.39, 0.29) is 0 Å². The van der Waals surface area contributed by atoms with Crippen LogP contribution in [0.3, 0.4) is 0 Å². The first-order valence-electron chi connectivity index (χ1n) is 2.60. The second-order valence-electron chi connectivity index (χ2n) is 1.58. The Hall–Kier alpha value is -0.630. The van der Waals surface area contributed by atoms with Gasteiger partial charge in [-0.15, -0.1) is 0 Å². The Labute approximate surface area is 62.6 Å². The molecule has 0 atom stereocenters. The molecule has 0 aromatic carbocycles. The van der Waals surface area contributed by atoms with Crippen LogP contribution in [0.15, 0.2) is 29.5 Å². The number of hydrogen-bond acceptors (Lipinski definition) is 1. The summed E-state index contributed by atoms with van der Waals surface area (Å²) < 4.78 is 0. The summed E-state index contributed by atoms with van der Waals surface area (Å²) in [5, 5.41) is 0. The molecule has 0 aliphatic rings. The zero-order chi connectivity index (χ0) is 6.53. The smallest absolute Gasteiger partial charge is 0.0340 e. The van der Waals surface area contributed by atoms with Gasteiger partial charge in [-0.25, -0.2) is 0 Å². The van der Waals surface area contributed by atoms with Crippen LogP contribution in [-0.4, -0.2) is 4.98 Å². The van der Waals surface area contributed by atoms with Crippen molar-refractivity contribution < 1.29 is 0 Å². The highest BCUT2D eigenvalue weighted by atomic mass is 79.9. The molecule has 0 saturated heterocycles. The van der Waals surface area contributed by atoms with E-state index in [2.05, 4.69) is 20.9 Å². The third-order valence-electron chi connectivity index (χ3n) is 0.940. The Kier molecular flexibility index (Phi) is 2.46. The van der Waals surface area contributed by atoms with E-state index in [1.807, 2.05) is 23.2 Å². The highest BCUT2D eigenvalue weighted by Crippen LogP contribution is 1.99. The molecule has 46 valence electrons. The molecule has 0 fully saturated rings. The summed E-state index contributed by atoms with van der Waals surface area (Å²) >= 11 is 3.18. The summed E-state index contributed by atoms with van der Waals surface area (Å²) in [5.74, 6) is 0. The highest BCUT2D eigenvalue weighted by molar-refractivity contribution is 9.11. The molecule has 2 heteroatoms. The van der Waals surface area contributed by atoms with Gasteiger partial charge in [-0.1, -0.05) is 22.0 Å². The Balaban J connectivity index is 2.85. The number of hydrogen-bond donors (Lipinski definition) is 0. The third-order valence-corrected chi connectivity index (χ3v) is 1.20. The van der Waals surface area contributed by atoms with Crippen LogP contribution in [0.1, 0.15) is 5.56 Å². The lowest BCUT2D eigenvalue weighted by molar-refractivity contribution is 1.32. The van der Waals surface area contributed by atoms with Crippen molar-refractivity contribution in [3.63, 3.8) is 0 Å². The lowest BCUT2D eigenvalue weighted by Gasteiger charge is -1.85. The van der Waals surface area contributed by atoms with E-state index < -0.39 is 0 Å². The average Bonchev–Trinajstić information content (AvgIpc) is 1.91. The molecule has 0 radical (unpaired) electrons. The van der Waals surface area contributed by atoms with E-state index in [9.17, 15) is 0 Å². The van der Waals surface area contributed by atoms with E-state index in [1.165, 1.54) is 0 Å². The van der Waals surface area contributed by atoms with Crippen molar-refractivity contribution >= 4 is 22.0 Å². The summed E-state index contributed by atoms with van der Waals surface area (Å²) in [6.07, 6.45) is 5.50. The zero-order valence-corrected chi connectivity index (χ0v) is 6.38. The van der Waals surface area contributed by atoms with E-state index in [0.29, 0.717) is 0 Å². The molecular formula is C7H6BrN. The van der Waals surface area contributed by atoms with Crippen LogP contribution in [0.25, 0.3) is 6.08 Å². The van der Waals surface area contributed by atoms with Crippen molar-refractivity contribution in [1.82, 2.24) is 4.98 Å². The van der Waals surface area contributed by atoms with Gasteiger partial charge < -0.3 is 0 Å². The van der Waals surface area contributed by atoms with Gasteiger partial charge in [0, 0.05) is 12.4 Å². The van der Waals surface area contributed by atoms with E-state index in [0.717, 1.165) is 5.56 Å². The van der Waals surface area contributed by atoms with Gasteiger partial charge in [0.2, 0.25) is 0 Å². The molecule has 0 amide bonds. The summed E-state index contributed by atoms with van der Waals surface area (Å²) in [7, 11) is 0. The van der Waals surface area contributed by atoms with Gasteiger partial charge in [0.05, 0.1) is 0 Å². The number of aromatic nitrogens is 1. The molecule has 0 unspecified atom stereocenters. The summed E-state index contributed by atoms with van der Waals surface area (Å²) in [6, 6.07) is 3.90. The molecule has 0 saturated carbocycles. The van der Waals surface area contributed by atoms with Gasteiger partial charge in [0.15, 0.2) is 0 Å². The predicted octanol–water partition coefficient (Wildman–Crippen LogP) is 2.45. The first-order chi connectivity index (χ1) is 4.43. The molecule has 1 nitrogen and oxygen atoms in total. The molecule has 1 aromatic rings. The van der Waals surface area contributed by atoms with Crippen LogP contribution in [0.2, 0.25) is 0 Å². The third kappa shape index (κ3) is 1.98. The molecule has 9 heavy (non-hydrogen) atoms. The first-order valence-corrected chi connectivity index (χ1v) is 3.52. The number of halogens is 1. The Morgan fingerprint density at radius 2 is 2.44 bits per heavy atom. The lowest BCUT2D eigenvalue weighted by Crippen LogP contribution is -1.70. The van der Waals surface area contributed by atoms with Crippen molar-refractivity contribution in [3.05, 3.63) is 35.1 Å². The van der Waals surface area contributed by atoms with Gasteiger partial charge in [0.25, 0.3) is 0 Å². The predicted molar refractivity (Wildman–Crippen MR) is 42.2 cm³/mol. The molecule has 0 aliphatic carbocycles. The fraction of sp³-hybridized carbons (Fsp3) is 0. The van der Waals surface area contributed by atoms with Gasteiger partial charge in [-0.05, 0) is 22.7 Å². The molecule has 1 heterocycles. The van der Waals surface area contributed by atoms with Gasteiger partial charge in [0.1, 0.15) is 0 Å². The van der Waals surface area contributed by atoms with Crippen LogP contribution in [0.4, 0.5) is 0 Å². The van der Waals surface area contributed by atoms with Crippen LogP contribution in [0.5, 0.6) is 0 Å². The SMILES string of the molecule is Br/C=C\c1cccnc1. The number of pyridine rings is 1. The fourth-order valence-electron chi connectivity index (χ4n) is 0.547. The molecule has 0 N–H and O–H groups in total. The standard InChI is InChI=1S/C7H6BrN/c8-4-3-7-2-1-5-9-6-7/h1-6H/b4-3-. The van der Waals surface area contributed by atoms with Crippen molar-refractivity contribution in [2.75, 3.05) is 0 Å². The monoisotopic (exact) mass is 183 g/mol. The largest absolute Gasteiger partial charge is 0.264 e.